The van der Waals surface area contributed by atoms with Gasteiger partial charge in [0.1, 0.15) is 9.88 Å². The molecule has 4 heterocycles. The molecule has 1 aromatic carbocycles. The normalized spacial score (nSPS) is 14.4. The Morgan fingerprint density at radius 3 is 2.90 bits per heavy atom. The molecule has 4 aromatic rings. The van der Waals surface area contributed by atoms with Gasteiger partial charge in [-0.1, -0.05) is 12.1 Å². The predicted molar refractivity (Wildman–Crippen MR) is 125 cm³/mol. The summed E-state index contributed by atoms with van der Waals surface area (Å²) in [7, 11) is 2.03. The van der Waals surface area contributed by atoms with Gasteiger partial charge in [-0.2, -0.15) is 0 Å². The van der Waals surface area contributed by atoms with E-state index in [2.05, 4.69) is 38.5 Å². The summed E-state index contributed by atoms with van der Waals surface area (Å²) in [4.78, 5) is 24.6. The van der Waals surface area contributed by atoms with E-state index in [1.807, 2.05) is 35.0 Å². The first kappa shape index (κ1) is 19.6. The molecule has 154 valence electrons. The Hall–Kier alpha value is -2.33. The molecule has 30 heavy (non-hydrogen) atoms. The Labute approximate surface area is 186 Å². The van der Waals surface area contributed by atoms with Crippen molar-refractivity contribution in [2.75, 3.05) is 37.7 Å². The molecule has 1 aliphatic rings. The topological polar surface area (TPSA) is 61.5 Å². The average Bonchev–Trinajstić information content (AvgIpc) is 3.53. The van der Waals surface area contributed by atoms with Crippen molar-refractivity contribution in [2.24, 2.45) is 0 Å². The smallest absolute Gasteiger partial charge is 0.265 e. The first-order valence-corrected chi connectivity index (χ1v) is 12.1. The molecule has 1 N–H and O–H groups in total. The van der Waals surface area contributed by atoms with Gasteiger partial charge in [0, 0.05) is 37.1 Å². The van der Waals surface area contributed by atoms with Gasteiger partial charge in [-0.25, -0.2) is 4.98 Å². The highest BCUT2D eigenvalue weighted by molar-refractivity contribution is 8.00. The van der Waals surface area contributed by atoms with Gasteiger partial charge in [0.05, 0.1) is 35.0 Å². The SMILES string of the molecule is CN(Sc1ccsc1C(=O)N1CCOCC1)c1cccc2cc(-c3nccs3)[nH]c12. The number of aromatic amines is 1. The maximum atomic E-state index is 13.0. The van der Waals surface area contributed by atoms with Gasteiger partial charge < -0.3 is 18.9 Å². The molecule has 6 nitrogen and oxygen atoms in total. The van der Waals surface area contributed by atoms with Crippen LogP contribution in [-0.4, -0.2) is 54.1 Å². The van der Waals surface area contributed by atoms with E-state index in [0.717, 1.165) is 37.1 Å². The zero-order chi connectivity index (χ0) is 20.5. The molecular weight excluding hydrogens is 436 g/mol. The van der Waals surface area contributed by atoms with Crippen molar-refractivity contribution in [3.8, 4) is 10.7 Å². The standard InChI is InChI=1S/C21H20N4O2S3/c1-24(30-17-5-11-28-19(17)21(26)25-7-9-27-10-8-25)16-4-2-3-14-13-15(23-18(14)16)20-22-6-12-29-20/h2-6,11-13,23H,7-10H2,1H3. The summed E-state index contributed by atoms with van der Waals surface area (Å²) in [6.45, 7) is 2.52. The van der Waals surface area contributed by atoms with Crippen LogP contribution in [0.5, 0.6) is 0 Å². The molecular formula is C21H20N4O2S3. The minimum Gasteiger partial charge on any atom is -0.378 e. The van der Waals surface area contributed by atoms with Crippen LogP contribution in [0.4, 0.5) is 5.69 Å². The molecule has 1 amide bonds. The molecule has 5 rings (SSSR count). The number of carbonyl (C=O) groups is 1. The van der Waals surface area contributed by atoms with Gasteiger partial charge in [-0.05, 0) is 35.5 Å². The number of anilines is 1. The zero-order valence-corrected chi connectivity index (χ0v) is 18.8. The molecule has 0 atom stereocenters. The lowest BCUT2D eigenvalue weighted by Gasteiger charge is -2.27. The van der Waals surface area contributed by atoms with E-state index in [1.165, 1.54) is 11.3 Å². The van der Waals surface area contributed by atoms with Crippen molar-refractivity contribution < 1.29 is 9.53 Å². The number of rotatable bonds is 5. The van der Waals surface area contributed by atoms with Crippen molar-refractivity contribution in [3.05, 3.63) is 52.2 Å². The van der Waals surface area contributed by atoms with Crippen molar-refractivity contribution >= 4 is 57.1 Å². The van der Waals surface area contributed by atoms with Gasteiger partial charge in [0.15, 0.2) is 0 Å². The van der Waals surface area contributed by atoms with Crippen molar-refractivity contribution in [2.45, 2.75) is 4.90 Å². The van der Waals surface area contributed by atoms with E-state index in [0.29, 0.717) is 26.3 Å². The molecule has 0 aliphatic carbocycles. The Morgan fingerprint density at radius 2 is 2.10 bits per heavy atom. The van der Waals surface area contributed by atoms with E-state index in [-0.39, 0.29) is 5.91 Å². The summed E-state index contributed by atoms with van der Waals surface area (Å²) in [5, 5.41) is 6.08. The summed E-state index contributed by atoms with van der Waals surface area (Å²) < 4.78 is 7.49. The summed E-state index contributed by atoms with van der Waals surface area (Å²) in [6, 6.07) is 10.4. The Kier molecular flexibility index (Phi) is 5.51. The second kappa shape index (κ2) is 8.43. The van der Waals surface area contributed by atoms with Crippen LogP contribution in [0.15, 0.2) is 52.2 Å². The summed E-state index contributed by atoms with van der Waals surface area (Å²) in [5.74, 6) is 0.0911. The second-order valence-electron chi connectivity index (χ2n) is 6.87. The number of morpholine rings is 1. The number of hydrogen-bond acceptors (Lipinski definition) is 7. The number of H-pyrrole nitrogens is 1. The van der Waals surface area contributed by atoms with Crippen LogP contribution >= 0.6 is 34.6 Å². The number of hydrogen-bond donors (Lipinski definition) is 1. The number of ether oxygens (including phenoxy) is 1. The van der Waals surface area contributed by atoms with Crippen LogP contribution in [0.2, 0.25) is 0 Å². The lowest BCUT2D eigenvalue weighted by Crippen LogP contribution is -2.40. The highest BCUT2D eigenvalue weighted by Gasteiger charge is 2.23. The summed E-state index contributed by atoms with van der Waals surface area (Å²) in [6.07, 6.45) is 1.82. The molecule has 1 fully saturated rings. The maximum Gasteiger partial charge on any atom is 0.265 e. The van der Waals surface area contributed by atoms with Crippen LogP contribution in [0.3, 0.4) is 0 Å². The fraction of sp³-hybridized carbons (Fsp3) is 0.238. The molecule has 0 unspecified atom stereocenters. The molecule has 1 aliphatic heterocycles. The minimum absolute atomic E-state index is 0.0911. The molecule has 9 heteroatoms. The van der Waals surface area contributed by atoms with Crippen molar-refractivity contribution in [1.82, 2.24) is 14.9 Å². The number of aromatic nitrogens is 2. The van der Waals surface area contributed by atoms with Crippen LogP contribution in [0.1, 0.15) is 9.67 Å². The number of para-hydroxylation sites is 1. The summed E-state index contributed by atoms with van der Waals surface area (Å²) >= 11 is 4.69. The average molecular weight is 457 g/mol. The third-order valence-electron chi connectivity index (χ3n) is 4.99. The summed E-state index contributed by atoms with van der Waals surface area (Å²) in [5.41, 5.74) is 3.15. The van der Waals surface area contributed by atoms with Gasteiger partial charge in [0.2, 0.25) is 0 Å². The Balaban J connectivity index is 1.41. The number of amides is 1. The van der Waals surface area contributed by atoms with Crippen molar-refractivity contribution in [3.63, 3.8) is 0 Å². The highest BCUT2D eigenvalue weighted by Crippen LogP contribution is 2.37. The molecule has 0 saturated carbocycles. The number of thiazole rings is 1. The molecule has 1 saturated heterocycles. The van der Waals surface area contributed by atoms with Crippen LogP contribution in [0.25, 0.3) is 21.6 Å². The molecule has 0 spiro atoms. The number of fused-ring (bicyclic) bond motifs is 1. The first-order valence-electron chi connectivity index (χ1n) is 9.58. The van der Waals surface area contributed by atoms with Gasteiger partial charge >= 0.3 is 0 Å². The lowest BCUT2D eigenvalue weighted by molar-refractivity contribution is 0.0304. The Bertz CT molecular complexity index is 1160. The van der Waals surface area contributed by atoms with E-state index in [9.17, 15) is 4.79 Å². The van der Waals surface area contributed by atoms with E-state index < -0.39 is 0 Å². The van der Waals surface area contributed by atoms with Crippen LogP contribution < -0.4 is 4.31 Å². The monoisotopic (exact) mass is 456 g/mol. The largest absolute Gasteiger partial charge is 0.378 e. The third-order valence-corrected chi connectivity index (χ3v) is 7.84. The second-order valence-corrected chi connectivity index (χ2v) is 9.85. The van der Waals surface area contributed by atoms with Gasteiger partial charge in [0.25, 0.3) is 5.91 Å². The predicted octanol–water partition coefficient (Wildman–Crippen LogP) is 4.97. The van der Waals surface area contributed by atoms with E-state index in [4.69, 9.17) is 4.74 Å². The number of nitrogens with one attached hydrogen (secondary N) is 1. The highest BCUT2D eigenvalue weighted by atomic mass is 32.2. The van der Waals surface area contributed by atoms with Crippen LogP contribution in [0, 0.1) is 0 Å². The quantitative estimate of drug-likeness (QED) is 0.430. The minimum atomic E-state index is 0.0911. The fourth-order valence-corrected chi connectivity index (χ4v) is 6.06. The van der Waals surface area contributed by atoms with Crippen molar-refractivity contribution in [1.29, 1.82) is 0 Å². The van der Waals surface area contributed by atoms with E-state index in [1.54, 1.807) is 23.3 Å². The van der Waals surface area contributed by atoms with E-state index >= 15 is 0 Å². The third kappa shape index (κ3) is 3.74. The zero-order valence-electron chi connectivity index (χ0n) is 16.3. The number of thiophene rings is 1. The number of benzene rings is 1. The fourth-order valence-electron chi connectivity index (χ4n) is 3.51. The first-order chi connectivity index (χ1) is 14.7. The van der Waals surface area contributed by atoms with Gasteiger partial charge in [-0.3, -0.25) is 4.79 Å². The van der Waals surface area contributed by atoms with Gasteiger partial charge in [-0.15, -0.1) is 22.7 Å². The molecule has 0 bridgehead atoms. The van der Waals surface area contributed by atoms with Crippen LogP contribution in [-0.2, 0) is 4.74 Å². The molecule has 0 radical (unpaired) electrons. The Morgan fingerprint density at radius 1 is 1.23 bits per heavy atom. The molecule has 3 aromatic heterocycles. The lowest BCUT2D eigenvalue weighted by atomic mass is 10.2. The number of carbonyl (C=O) groups excluding carboxylic acids is 1. The number of nitrogens with zero attached hydrogens (tertiary/aromatic N) is 3. The maximum absolute atomic E-state index is 13.0.